The van der Waals surface area contributed by atoms with Crippen molar-refractivity contribution in [1.29, 1.82) is 0 Å². The summed E-state index contributed by atoms with van der Waals surface area (Å²) in [4.78, 5) is 4.11. The molecular weight excluding hydrogens is 214 g/mol. The van der Waals surface area contributed by atoms with E-state index in [9.17, 15) is 5.11 Å². The largest absolute Gasteiger partial charge is 0.492 e. The molecule has 2 atom stereocenters. The minimum Gasteiger partial charge on any atom is -0.492 e. The van der Waals surface area contributed by atoms with Gasteiger partial charge in [0.25, 0.3) is 0 Å². The molecule has 2 unspecified atom stereocenters. The molecule has 1 N–H and O–H groups in total. The summed E-state index contributed by atoms with van der Waals surface area (Å²) in [6.45, 7) is 7.03. The number of aliphatic hydroxyl groups excluding tert-OH is 1. The lowest BCUT2D eigenvalue weighted by molar-refractivity contribution is 0.145. The second-order valence-electron chi connectivity index (χ2n) is 4.57. The maximum Gasteiger partial charge on any atom is 0.137 e. The van der Waals surface area contributed by atoms with Crippen LogP contribution in [0, 0.1) is 5.92 Å². The smallest absolute Gasteiger partial charge is 0.137 e. The Balaban J connectivity index is 2.63. The number of nitrogens with zero attached hydrogens (tertiary/aromatic N) is 1. The summed E-state index contributed by atoms with van der Waals surface area (Å²) in [7, 11) is 0. The van der Waals surface area contributed by atoms with Crippen molar-refractivity contribution in [3.05, 3.63) is 24.0 Å². The maximum absolute atomic E-state index is 10.1. The third-order valence-corrected chi connectivity index (χ3v) is 2.91. The van der Waals surface area contributed by atoms with Crippen LogP contribution in [0.5, 0.6) is 5.75 Å². The van der Waals surface area contributed by atoms with Crippen LogP contribution in [0.1, 0.15) is 51.7 Å². The lowest BCUT2D eigenvalue weighted by Gasteiger charge is -2.15. The Morgan fingerprint density at radius 1 is 1.35 bits per heavy atom. The zero-order valence-corrected chi connectivity index (χ0v) is 11.0. The quantitative estimate of drug-likeness (QED) is 0.791. The van der Waals surface area contributed by atoms with E-state index in [2.05, 4.69) is 25.8 Å². The molecule has 1 aromatic heterocycles. The third kappa shape index (κ3) is 4.73. The highest BCUT2D eigenvalue weighted by Crippen LogP contribution is 2.24. The van der Waals surface area contributed by atoms with Gasteiger partial charge in [0, 0.05) is 11.8 Å². The van der Waals surface area contributed by atoms with E-state index in [1.807, 2.05) is 6.07 Å². The van der Waals surface area contributed by atoms with Gasteiger partial charge in [-0.25, -0.2) is 0 Å². The molecule has 1 heterocycles. The van der Waals surface area contributed by atoms with Crippen LogP contribution >= 0.6 is 0 Å². The van der Waals surface area contributed by atoms with E-state index in [1.54, 1.807) is 12.4 Å². The first-order valence-electron chi connectivity index (χ1n) is 6.43. The van der Waals surface area contributed by atoms with E-state index in [-0.39, 0.29) is 0 Å². The van der Waals surface area contributed by atoms with Crippen LogP contribution in [0.15, 0.2) is 18.5 Å². The molecule has 96 valence electrons. The van der Waals surface area contributed by atoms with Gasteiger partial charge in [0.15, 0.2) is 0 Å². The monoisotopic (exact) mass is 237 g/mol. The van der Waals surface area contributed by atoms with Crippen molar-refractivity contribution in [2.24, 2.45) is 5.92 Å². The first-order valence-corrected chi connectivity index (χ1v) is 6.43. The van der Waals surface area contributed by atoms with Gasteiger partial charge in [0.2, 0.25) is 0 Å². The van der Waals surface area contributed by atoms with E-state index >= 15 is 0 Å². The van der Waals surface area contributed by atoms with Gasteiger partial charge in [-0.15, -0.1) is 0 Å². The summed E-state index contributed by atoms with van der Waals surface area (Å²) in [5.74, 6) is 1.26. The molecule has 0 bridgehead atoms. The number of aromatic nitrogens is 1. The van der Waals surface area contributed by atoms with E-state index in [1.165, 1.54) is 0 Å². The van der Waals surface area contributed by atoms with Gasteiger partial charge in [0.05, 0.1) is 18.9 Å². The molecule has 1 aromatic rings. The molecule has 3 heteroatoms. The molecule has 0 saturated heterocycles. The molecule has 0 amide bonds. The van der Waals surface area contributed by atoms with Gasteiger partial charge in [-0.1, -0.05) is 27.2 Å². The Morgan fingerprint density at radius 3 is 2.76 bits per heavy atom. The van der Waals surface area contributed by atoms with Crippen molar-refractivity contribution in [1.82, 2.24) is 4.98 Å². The van der Waals surface area contributed by atoms with Crippen LogP contribution in [-0.4, -0.2) is 16.7 Å². The predicted molar refractivity (Wildman–Crippen MR) is 69.1 cm³/mol. The number of ether oxygens (including phenoxy) is 1. The summed E-state index contributed by atoms with van der Waals surface area (Å²) in [5, 5.41) is 10.1. The first kappa shape index (κ1) is 14.0. The number of hydrogen-bond donors (Lipinski definition) is 1. The summed E-state index contributed by atoms with van der Waals surface area (Å²) >= 11 is 0. The first-order chi connectivity index (χ1) is 8.17. The number of aliphatic hydroxyl groups is 1. The highest BCUT2D eigenvalue weighted by Gasteiger charge is 2.12. The van der Waals surface area contributed by atoms with Crippen molar-refractivity contribution in [2.45, 2.75) is 46.1 Å². The van der Waals surface area contributed by atoms with Crippen LogP contribution in [0.3, 0.4) is 0 Å². The Kier molecular flexibility index (Phi) is 5.98. The molecule has 0 radical (unpaired) electrons. The molecule has 0 fully saturated rings. The topological polar surface area (TPSA) is 42.4 Å². The third-order valence-electron chi connectivity index (χ3n) is 2.91. The van der Waals surface area contributed by atoms with Crippen molar-refractivity contribution < 1.29 is 9.84 Å². The molecule has 1 rings (SSSR count). The minimum absolute atomic E-state index is 0.442. The number of pyridine rings is 1. The van der Waals surface area contributed by atoms with Gasteiger partial charge in [-0.2, -0.15) is 0 Å². The zero-order chi connectivity index (χ0) is 12.7. The second-order valence-corrected chi connectivity index (χ2v) is 4.57. The van der Waals surface area contributed by atoms with Gasteiger partial charge in [0.1, 0.15) is 5.75 Å². The molecule has 17 heavy (non-hydrogen) atoms. The van der Waals surface area contributed by atoms with E-state index in [0.29, 0.717) is 12.5 Å². The van der Waals surface area contributed by atoms with Gasteiger partial charge in [-0.05, 0) is 24.8 Å². The Bertz CT molecular complexity index is 328. The lowest BCUT2D eigenvalue weighted by Crippen LogP contribution is -2.05. The molecule has 0 saturated carbocycles. The van der Waals surface area contributed by atoms with Crippen LogP contribution in [0.2, 0.25) is 0 Å². The van der Waals surface area contributed by atoms with Gasteiger partial charge >= 0.3 is 0 Å². The average molecular weight is 237 g/mol. The predicted octanol–water partition coefficient (Wildman–Crippen LogP) is 3.34. The van der Waals surface area contributed by atoms with Crippen molar-refractivity contribution in [3.63, 3.8) is 0 Å². The van der Waals surface area contributed by atoms with E-state index in [0.717, 1.165) is 30.6 Å². The van der Waals surface area contributed by atoms with E-state index in [4.69, 9.17) is 4.74 Å². The van der Waals surface area contributed by atoms with Gasteiger partial charge in [-0.3, -0.25) is 4.98 Å². The van der Waals surface area contributed by atoms with Crippen molar-refractivity contribution in [2.75, 3.05) is 6.61 Å². The fraction of sp³-hybridized carbons (Fsp3) is 0.643. The Hall–Kier alpha value is -1.09. The summed E-state index contributed by atoms with van der Waals surface area (Å²) in [5.41, 5.74) is 0.846. The molecule has 0 aliphatic carbocycles. The maximum atomic E-state index is 10.1. The number of hydrogen-bond acceptors (Lipinski definition) is 3. The van der Waals surface area contributed by atoms with Gasteiger partial charge < -0.3 is 9.84 Å². The highest BCUT2D eigenvalue weighted by atomic mass is 16.5. The van der Waals surface area contributed by atoms with Crippen LogP contribution in [-0.2, 0) is 0 Å². The zero-order valence-electron chi connectivity index (χ0n) is 11.0. The summed E-state index contributed by atoms with van der Waals surface area (Å²) in [6, 6.07) is 1.88. The standard InChI is InChI=1S/C14H23NO2/c1-4-6-17-13-8-12(9-15-10-13)14(16)7-11(3)5-2/h8-11,14,16H,4-7H2,1-3H3. The molecule has 0 aromatic carbocycles. The van der Waals surface area contributed by atoms with Crippen LogP contribution in [0.25, 0.3) is 0 Å². The highest BCUT2D eigenvalue weighted by molar-refractivity contribution is 5.25. The Labute approximate surface area is 104 Å². The fourth-order valence-electron chi connectivity index (χ4n) is 1.60. The van der Waals surface area contributed by atoms with Crippen molar-refractivity contribution in [3.8, 4) is 5.75 Å². The summed E-state index contributed by atoms with van der Waals surface area (Å²) in [6.07, 6.45) is 5.79. The average Bonchev–Trinajstić information content (AvgIpc) is 2.36. The Morgan fingerprint density at radius 2 is 2.12 bits per heavy atom. The summed E-state index contributed by atoms with van der Waals surface area (Å²) < 4.78 is 5.50. The normalized spacial score (nSPS) is 14.4. The van der Waals surface area contributed by atoms with Crippen molar-refractivity contribution >= 4 is 0 Å². The molecule has 0 aliphatic heterocycles. The van der Waals surface area contributed by atoms with Crippen LogP contribution in [0.4, 0.5) is 0 Å². The SMILES string of the molecule is CCCOc1cncc(C(O)CC(C)CC)c1. The lowest BCUT2D eigenvalue weighted by atomic mass is 9.97. The second kappa shape index (κ2) is 7.28. The molecule has 3 nitrogen and oxygen atoms in total. The molecule has 0 spiro atoms. The molecule has 0 aliphatic rings. The van der Waals surface area contributed by atoms with E-state index < -0.39 is 6.10 Å². The minimum atomic E-state index is -0.442. The fourth-order valence-corrected chi connectivity index (χ4v) is 1.60. The van der Waals surface area contributed by atoms with Crippen LogP contribution < -0.4 is 4.74 Å². The number of rotatable bonds is 7. The molecular formula is C14H23NO2.